The lowest BCUT2D eigenvalue weighted by Gasteiger charge is -2.09. The van der Waals surface area contributed by atoms with E-state index in [4.69, 9.17) is 5.73 Å². The quantitative estimate of drug-likeness (QED) is 0.752. The number of nitrogens with zero attached hydrogens (tertiary/aromatic N) is 2. The van der Waals surface area contributed by atoms with E-state index >= 15 is 0 Å². The van der Waals surface area contributed by atoms with Crippen LogP contribution in [0.2, 0.25) is 0 Å². The molecule has 0 aromatic carbocycles. The average molecular weight is 210 g/mol. The van der Waals surface area contributed by atoms with Crippen molar-refractivity contribution in [1.29, 1.82) is 0 Å². The van der Waals surface area contributed by atoms with Gasteiger partial charge in [-0.25, -0.2) is 0 Å². The Hall–Kier alpha value is -1.36. The van der Waals surface area contributed by atoms with Gasteiger partial charge in [-0.15, -0.1) is 0 Å². The van der Waals surface area contributed by atoms with Crippen molar-refractivity contribution in [2.75, 3.05) is 11.9 Å². The van der Waals surface area contributed by atoms with E-state index in [0.29, 0.717) is 12.4 Å². The Morgan fingerprint density at radius 2 is 2.47 bits per heavy atom. The van der Waals surface area contributed by atoms with Crippen LogP contribution in [0.25, 0.3) is 0 Å². The van der Waals surface area contributed by atoms with Gasteiger partial charge in [0.05, 0.1) is 0 Å². The van der Waals surface area contributed by atoms with Crippen LogP contribution in [0.4, 0.5) is 5.82 Å². The highest BCUT2D eigenvalue weighted by atomic mass is 16.1. The van der Waals surface area contributed by atoms with Gasteiger partial charge < -0.3 is 11.1 Å². The summed E-state index contributed by atoms with van der Waals surface area (Å²) in [5.74, 6) is 0.583. The molecule has 5 heteroatoms. The molecular weight excluding hydrogens is 192 g/mol. The molecule has 0 saturated heterocycles. The topological polar surface area (TPSA) is 72.9 Å². The molecule has 0 saturated carbocycles. The van der Waals surface area contributed by atoms with Crippen LogP contribution in [0, 0.1) is 5.92 Å². The van der Waals surface area contributed by atoms with Gasteiger partial charge in [0.2, 0.25) is 5.91 Å². The maximum absolute atomic E-state index is 11.6. The number of hydrogen-bond acceptors (Lipinski definition) is 3. The van der Waals surface area contributed by atoms with Crippen molar-refractivity contribution in [3.8, 4) is 0 Å². The maximum atomic E-state index is 11.6. The van der Waals surface area contributed by atoms with E-state index in [1.54, 1.807) is 16.9 Å². The van der Waals surface area contributed by atoms with Crippen LogP contribution in [0.15, 0.2) is 12.3 Å². The Balaban J connectivity index is 2.41. The molecule has 0 aliphatic rings. The van der Waals surface area contributed by atoms with Crippen molar-refractivity contribution in [2.45, 2.75) is 19.8 Å². The molecule has 0 aliphatic heterocycles. The highest BCUT2D eigenvalue weighted by Crippen LogP contribution is 2.09. The van der Waals surface area contributed by atoms with E-state index < -0.39 is 0 Å². The summed E-state index contributed by atoms with van der Waals surface area (Å²) in [6.45, 7) is 2.52. The van der Waals surface area contributed by atoms with Crippen molar-refractivity contribution in [3.05, 3.63) is 12.3 Å². The van der Waals surface area contributed by atoms with Crippen molar-refractivity contribution < 1.29 is 4.79 Å². The summed E-state index contributed by atoms with van der Waals surface area (Å²) >= 11 is 0. The molecule has 1 amide bonds. The second kappa shape index (κ2) is 5.50. The van der Waals surface area contributed by atoms with Crippen LogP contribution in [-0.2, 0) is 11.8 Å². The van der Waals surface area contributed by atoms with Crippen molar-refractivity contribution in [2.24, 2.45) is 18.7 Å². The summed E-state index contributed by atoms with van der Waals surface area (Å²) in [6, 6.07) is 1.77. The molecular formula is C10H18N4O. The fourth-order valence-corrected chi connectivity index (χ4v) is 1.29. The first-order chi connectivity index (χ1) is 7.13. The minimum Gasteiger partial charge on any atom is -0.330 e. The summed E-state index contributed by atoms with van der Waals surface area (Å²) in [7, 11) is 1.81. The number of nitrogens with two attached hydrogens (primary N) is 1. The molecule has 1 unspecified atom stereocenters. The van der Waals surface area contributed by atoms with E-state index in [1.165, 1.54) is 0 Å². The predicted octanol–water partition coefficient (Wildman–Crippen LogP) is 0.734. The normalized spacial score (nSPS) is 12.5. The minimum atomic E-state index is -0.0180. The van der Waals surface area contributed by atoms with Gasteiger partial charge >= 0.3 is 0 Å². The molecule has 0 spiro atoms. The summed E-state index contributed by atoms with van der Waals surface area (Å²) in [5.41, 5.74) is 5.39. The molecule has 1 heterocycles. The van der Waals surface area contributed by atoms with Gasteiger partial charge in [0.1, 0.15) is 0 Å². The first-order valence-corrected chi connectivity index (χ1v) is 5.14. The van der Waals surface area contributed by atoms with Gasteiger partial charge in [0, 0.05) is 25.2 Å². The van der Waals surface area contributed by atoms with Gasteiger partial charge in [0.15, 0.2) is 5.82 Å². The fourth-order valence-electron chi connectivity index (χ4n) is 1.29. The summed E-state index contributed by atoms with van der Waals surface area (Å²) in [4.78, 5) is 11.6. The number of amides is 1. The number of carbonyl (C=O) groups is 1. The van der Waals surface area contributed by atoms with Crippen LogP contribution in [-0.4, -0.2) is 22.2 Å². The molecule has 0 radical (unpaired) electrons. The third-order valence-electron chi connectivity index (χ3n) is 2.25. The highest BCUT2D eigenvalue weighted by Gasteiger charge is 2.12. The third-order valence-corrected chi connectivity index (χ3v) is 2.25. The monoisotopic (exact) mass is 210 g/mol. The Bertz CT molecular complexity index is 321. The molecule has 1 rings (SSSR count). The number of nitrogens with one attached hydrogen (secondary N) is 1. The largest absolute Gasteiger partial charge is 0.330 e. The molecule has 5 nitrogen and oxygen atoms in total. The van der Waals surface area contributed by atoms with Gasteiger partial charge in [-0.2, -0.15) is 5.10 Å². The standard InChI is InChI=1S/C10H18N4O/c1-8(4-3-6-11)10(15)12-9-5-7-14(2)13-9/h5,7-8H,3-4,6,11H2,1-2H3,(H,12,13,15). The molecule has 0 bridgehead atoms. The summed E-state index contributed by atoms with van der Waals surface area (Å²) in [6.07, 6.45) is 3.48. The van der Waals surface area contributed by atoms with Crippen LogP contribution in [0.5, 0.6) is 0 Å². The van der Waals surface area contributed by atoms with E-state index in [0.717, 1.165) is 12.8 Å². The van der Waals surface area contributed by atoms with E-state index in [2.05, 4.69) is 10.4 Å². The lowest BCUT2D eigenvalue weighted by atomic mass is 10.1. The molecule has 84 valence electrons. The first-order valence-electron chi connectivity index (χ1n) is 5.14. The van der Waals surface area contributed by atoms with Gasteiger partial charge in [-0.1, -0.05) is 6.92 Å². The second-order valence-electron chi connectivity index (χ2n) is 3.70. The Morgan fingerprint density at radius 1 is 1.73 bits per heavy atom. The number of carbonyl (C=O) groups excluding carboxylic acids is 1. The zero-order chi connectivity index (χ0) is 11.3. The van der Waals surface area contributed by atoms with Crippen molar-refractivity contribution in [3.63, 3.8) is 0 Å². The maximum Gasteiger partial charge on any atom is 0.228 e. The number of rotatable bonds is 5. The lowest BCUT2D eigenvalue weighted by molar-refractivity contribution is -0.119. The van der Waals surface area contributed by atoms with Crippen LogP contribution in [0.1, 0.15) is 19.8 Å². The third kappa shape index (κ3) is 3.71. The van der Waals surface area contributed by atoms with Crippen molar-refractivity contribution in [1.82, 2.24) is 9.78 Å². The highest BCUT2D eigenvalue weighted by molar-refractivity contribution is 5.91. The smallest absolute Gasteiger partial charge is 0.228 e. The molecule has 15 heavy (non-hydrogen) atoms. The Morgan fingerprint density at radius 3 is 3.00 bits per heavy atom. The number of anilines is 1. The second-order valence-corrected chi connectivity index (χ2v) is 3.70. The molecule has 0 aliphatic carbocycles. The fraction of sp³-hybridized carbons (Fsp3) is 0.600. The molecule has 1 atom stereocenters. The lowest BCUT2D eigenvalue weighted by Crippen LogP contribution is -2.21. The first kappa shape index (κ1) is 11.7. The van der Waals surface area contributed by atoms with Crippen molar-refractivity contribution >= 4 is 11.7 Å². The van der Waals surface area contributed by atoms with E-state index in [1.807, 2.05) is 14.0 Å². The molecule has 1 aromatic rings. The van der Waals surface area contributed by atoms with E-state index in [9.17, 15) is 4.79 Å². The van der Waals surface area contributed by atoms with Gasteiger partial charge in [-0.3, -0.25) is 9.48 Å². The predicted molar refractivity (Wildman–Crippen MR) is 59.3 cm³/mol. The zero-order valence-electron chi connectivity index (χ0n) is 9.23. The molecule has 0 fully saturated rings. The summed E-state index contributed by atoms with van der Waals surface area (Å²) < 4.78 is 1.65. The Kier molecular flexibility index (Phi) is 4.30. The average Bonchev–Trinajstić information content (AvgIpc) is 2.60. The van der Waals surface area contributed by atoms with Gasteiger partial charge in [-0.05, 0) is 19.4 Å². The van der Waals surface area contributed by atoms with Crippen LogP contribution < -0.4 is 11.1 Å². The van der Waals surface area contributed by atoms with Crippen LogP contribution >= 0.6 is 0 Å². The summed E-state index contributed by atoms with van der Waals surface area (Å²) in [5, 5.41) is 6.83. The molecule has 1 aromatic heterocycles. The number of hydrogen-bond donors (Lipinski definition) is 2. The number of aryl methyl sites for hydroxylation is 1. The van der Waals surface area contributed by atoms with Gasteiger partial charge in [0.25, 0.3) is 0 Å². The van der Waals surface area contributed by atoms with Crippen LogP contribution in [0.3, 0.4) is 0 Å². The number of aromatic nitrogens is 2. The SMILES string of the molecule is CC(CCCN)C(=O)Nc1ccn(C)n1. The molecule has 3 N–H and O–H groups in total. The zero-order valence-corrected chi connectivity index (χ0v) is 9.23. The minimum absolute atomic E-state index is 0.00199. The van der Waals surface area contributed by atoms with E-state index in [-0.39, 0.29) is 11.8 Å². The Labute approximate surface area is 89.6 Å².